The molecule has 0 aliphatic carbocycles. The Morgan fingerprint density at radius 2 is 2.30 bits per heavy atom. The average molecular weight is 323 g/mol. The molecule has 0 aromatic carbocycles. The molecule has 1 saturated heterocycles. The lowest BCUT2D eigenvalue weighted by atomic mass is 10.2. The minimum atomic E-state index is -0.277. The lowest BCUT2D eigenvalue weighted by Crippen LogP contribution is -2.42. The summed E-state index contributed by atoms with van der Waals surface area (Å²) >= 11 is 0. The summed E-state index contributed by atoms with van der Waals surface area (Å²) in [5.74, 6) is 0.705. The van der Waals surface area contributed by atoms with Crippen LogP contribution in [-0.2, 0) is 14.3 Å². The van der Waals surface area contributed by atoms with Gasteiger partial charge in [-0.15, -0.1) is 0 Å². The van der Waals surface area contributed by atoms with Crippen LogP contribution in [0.5, 0.6) is 0 Å². The molecule has 2 amide bonds. The molecule has 1 aliphatic heterocycles. The number of carbonyl (C=O) groups excluding carboxylic acids is 2. The summed E-state index contributed by atoms with van der Waals surface area (Å²) in [6.45, 7) is 4.99. The number of anilines is 1. The molecule has 1 atom stereocenters. The van der Waals surface area contributed by atoms with Gasteiger partial charge in [0, 0.05) is 25.6 Å². The predicted octanol–water partition coefficient (Wildman–Crippen LogP) is 2.12. The number of aromatic nitrogens is 1. The second-order valence-electron chi connectivity index (χ2n) is 5.88. The van der Waals surface area contributed by atoms with Crippen LogP contribution in [0, 0.1) is 6.92 Å². The van der Waals surface area contributed by atoms with E-state index in [1.54, 1.807) is 17.9 Å². The molecule has 0 saturated carbocycles. The highest BCUT2D eigenvalue weighted by atomic mass is 16.5. The van der Waals surface area contributed by atoms with E-state index in [0.29, 0.717) is 24.5 Å². The lowest BCUT2D eigenvalue weighted by molar-refractivity contribution is -0.136. The Labute approximate surface area is 136 Å². The van der Waals surface area contributed by atoms with Crippen LogP contribution in [0.15, 0.2) is 10.6 Å². The van der Waals surface area contributed by atoms with Gasteiger partial charge in [0.05, 0.1) is 12.6 Å². The fourth-order valence-electron chi connectivity index (χ4n) is 2.56. The maximum atomic E-state index is 12.3. The number of amides is 2. The Hall–Kier alpha value is -1.89. The van der Waals surface area contributed by atoms with Gasteiger partial charge in [0.15, 0.2) is 5.82 Å². The molecular formula is C16H25N3O4. The van der Waals surface area contributed by atoms with Crippen molar-refractivity contribution in [2.24, 2.45) is 0 Å². The van der Waals surface area contributed by atoms with Crippen LogP contribution in [0.3, 0.4) is 0 Å². The summed E-state index contributed by atoms with van der Waals surface area (Å²) in [5, 5.41) is 6.38. The van der Waals surface area contributed by atoms with Crippen LogP contribution in [0.1, 0.15) is 44.8 Å². The smallest absolute Gasteiger partial charge is 0.245 e. The molecule has 128 valence electrons. The molecule has 0 radical (unpaired) electrons. The van der Waals surface area contributed by atoms with Gasteiger partial charge >= 0.3 is 0 Å². The molecule has 0 unspecified atom stereocenters. The van der Waals surface area contributed by atoms with Crippen molar-refractivity contribution in [1.29, 1.82) is 0 Å². The molecule has 23 heavy (non-hydrogen) atoms. The molecular weight excluding hydrogens is 298 g/mol. The Morgan fingerprint density at radius 3 is 2.91 bits per heavy atom. The molecule has 1 aliphatic rings. The topological polar surface area (TPSA) is 84.7 Å². The fraction of sp³-hybridized carbons (Fsp3) is 0.688. The summed E-state index contributed by atoms with van der Waals surface area (Å²) < 4.78 is 10.5. The number of ether oxygens (including phenoxy) is 1. The molecule has 1 N–H and O–H groups in total. The standard InChI is InChI=1S/C16H25N3O4/c1-3-4-7-16(21)19(10-13-6-5-8-22-13)11-15(20)17-14-9-12(2)23-18-14/h9,13H,3-8,10-11H2,1-2H3,(H,17,18,20)/t13-/m1/s1. The molecule has 1 fully saturated rings. The van der Waals surface area contributed by atoms with Crippen molar-refractivity contribution in [2.45, 2.75) is 52.1 Å². The normalized spacial score (nSPS) is 17.2. The van der Waals surface area contributed by atoms with E-state index in [0.717, 1.165) is 32.3 Å². The van der Waals surface area contributed by atoms with Crippen molar-refractivity contribution in [3.8, 4) is 0 Å². The highest BCUT2D eigenvalue weighted by Crippen LogP contribution is 2.15. The number of nitrogens with zero attached hydrogens (tertiary/aromatic N) is 2. The maximum Gasteiger partial charge on any atom is 0.245 e. The number of aryl methyl sites for hydroxylation is 1. The van der Waals surface area contributed by atoms with E-state index in [-0.39, 0.29) is 24.5 Å². The molecule has 7 heteroatoms. The Morgan fingerprint density at radius 1 is 1.48 bits per heavy atom. The highest BCUT2D eigenvalue weighted by Gasteiger charge is 2.24. The molecule has 7 nitrogen and oxygen atoms in total. The fourth-order valence-corrected chi connectivity index (χ4v) is 2.56. The molecule has 0 spiro atoms. The number of hydrogen-bond donors (Lipinski definition) is 1. The minimum Gasteiger partial charge on any atom is -0.376 e. The van der Waals surface area contributed by atoms with Crippen LogP contribution < -0.4 is 5.32 Å². The van der Waals surface area contributed by atoms with Gasteiger partial charge in [-0.05, 0) is 26.2 Å². The van der Waals surface area contributed by atoms with Crippen molar-refractivity contribution in [2.75, 3.05) is 25.0 Å². The third-order valence-corrected chi connectivity index (χ3v) is 3.77. The van der Waals surface area contributed by atoms with E-state index in [9.17, 15) is 9.59 Å². The zero-order chi connectivity index (χ0) is 16.7. The first-order chi connectivity index (χ1) is 11.1. The van der Waals surface area contributed by atoms with Crippen LogP contribution >= 0.6 is 0 Å². The summed E-state index contributed by atoms with van der Waals surface area (Å²) in [7, 11) is 0. The Balaban J connectivity index is 1.91. The third kappa shape index (κ3) is 5.67. The number of nitrogens with one attached hydrogen (secondary N) is 1. The van der Waals surface area contributed by atoms with Gasteiger partial charge in [-0.2, -0.15) is 0 Å². The van der Waals surface area contributed by atoms with Crippen molar-refractivity contribution >= 4 is 17.6 Å². The first kappa shape index (κ1) is 17.5. The van der Waals surface area contributed by atoms with Gasteiger partial charge in [-0.3, -0.25) is 9.59 Å². The van der Waals surface area contributed by atoms with Crippen LogP contribution in [-0.4, -0.2) is 47.7 Å². The number of carbonyl (C=O) groups is 2. The highest BCUT2D eigenvalue weighted by molar-refractivity contribution is 5.93. The molecule has 1 aromatic heterocycles. The first-order valence-corrected chi connectivity index (χ1v) is 8.21. The largest absolute Gasteiger partial charge is 0.376 e. The van der Waals surface area contributed by atoms with E-state index in [4.69, 9.17) is 9.26 Å². The van der Waals surface area contributed by atoms with Gasteiger partial charge in [-0.25, -0.2) is 0 Å². The van der Waals surface area contributed by atoms with Gasteiger partial charge in [-0.1, -0.05) is 18.5 Å². The van der Waals surface area contributed by atoms with Gasteiger partial charge in [0.25, 0.3) is 0 Å². The monoisotopic (exact) mass is 323 g/mol. The number of unbranched alkanes of at least 4 members (excludes halogenated alkanes) is 1. The average Bonchev–Trinajstić information content (AvgIpc) is 3.16. The van der Waals surface area contributed by atoms with Crippen molar-refractivity contribution in [3.63, 3.8) is 0 Å². The van der Waals surface area contributed by atoms with E-state index in [2.05, 4.69) is 10.5 Å². The van der Waals surface area contributed by atoms with Crippen LogP contribution in [0.4, 0.5) is 5.82 Å². The van der Waals surface area contributed by atoms with E-state index < -0.39 is 0 Å². The summed E-state index contributed by atoms with van der Waals surface area (Å²) in [6, 6.07) is 1.64. The van der Waals surface area contributed by atoms with E-state index >= 15 is 0 Å². The second kappa shape index (κ2) is 8.67. The SMILES string of the molecule is CCCCC(=O)N(CC(=O)Nc1cc(C)on1)C[C@H]1CCCO1. The van der Waals surface area contributed by atoms with Crippen molar-refractivity contribution < 1.29 is 18.8 Å². The van der Waals surface area contributed by atoms with Crippen LogP contribution in [0.2, 0.25) is 0 Å². The van der Waals surface area contributed by atoms with Crippen LogP contribution in [0.25, 0.3) is 0 Å². The minimum absolute atomic E-state index is 0.00571. The zero-order valence-electron chi connectivity index (χ0n) is 13.8. The Bertz CT molecular complexity index is 523. The van der Waals surface area contributed by atoms with Gasteiger partial charge in [0.2, 0.25) is 11.8 Å². The van der Waals surface area contributed by atoms with Gasteiger partial charge < -0.3 is 19.5 Å². The molecule has 2 rings (SSSR count). The van der Waals surface area contributed by atoms with E-state index in [1.165, 1.54) is 0 Å². The quantitative estimate of drug-likeness (QED) is 0.792. The van der Waals surface area contributed by atoms with Crippen molar-refractivity contribution in [3.05, 3.63) is 11.8 Å². The summed E-state index contributed by atoms with van der Waals surface area (Å²) in [4.78, 5) is 26.1. The second-order valence-corrected chi connectivity index (χ2v) is 5.88. The predicted molar refractivity (Wildman–Crippen MR) is 84.9 cm³/mol. The summed E-state index contributed by atoms with van der Waals surface area (Å²) in [6.07, 6.45) is 4.20. The summed E-state index contributed by atoms with van der Waals surface area (Å²) in [5.41, 5.74) is 0. The van der Waals surface area contributed by atoms with Gasteiger partial charge in [0.1, 0.15) is 5.76 Å². The molecule has 1 aromatic rings. The van der Waals surface area contributed by atoms with Crippen molar-refractivity contribution in [1.82, 2.24) is 10.1 Å². The zero-order valence-corrected chi connectivity index (χ0v) is 13.8. The lowest BCUT2D eigenvalue weighted by Gasteiger charge is -2.24. The number of hydrogen-bond acceptors (Lipinski definition) is 5. The number of rotatable bonds is 8. The molecule has 2 heterocycles. The Kier molecular flexibility index (Phi) is 6.58. The first-order valence-electron chi connectivity index (χ1n) is 8.21. The third-order valence-electron chi connectivity index (χ3n) is 3.77. The molecule has 0 bridgehead atoms. The maximum absolute atomic E-state index is 12.3. The van der Waals surface area contributed by atoms with E-state index in [1.807, 2.05) is 6.92 Å².